The third kappa shape index (κ3) is 2.77. The Hall–Kier alpha value is -0.690. The number of ether oxygens (including phenoxy) is 1. The van der Waals surface area contributed by atoms with Crippen LogP contribution in [0.5, 0.6) is 0 Å². The fraction of sp³-hybridized carbons (Fsp3) is 0.400. The average molecular weight is 321 g/mol. The summed E-state index contributed by atoms with van der Waals surface area (Å²) in [4.78, 5) is 15.9. The van der Waals surface area contributed by atoms with Crippen molar-refractivity contribution >= 4 is 39.1 Å². The Kier molecular flexibility index (Phi) is 3.67. The van der Waals surface area contributed by atoms with E-state index in [-0.39, 0.29) is 17.7 Å². The minimum Gasteiger partial charge on any atom is -0.379 e. The van der Waals surface area contributed by atoms with Crippen molar-refractivity contribution in [3.05, 3.63) is 21.9 Å². The summed E-state index contributed by atoms with van der Waals surface area (Å²) < 4.78 is 5.86. The quantitative estimate of drug-likeness (QED) is 0.811. The van der Waals surface area contributed by atoms with Gasteiger partial charge >= 0.3 is 0 Å². The second kappa shape index (κ2) is 4.89. The maximum Gasteiger partial charge on any atom is 0.247 e. The van der Waals surface area contributed by atoms with Gasteiger partial charge in [0.25, 0.3) is 0 Å². The van der Waals surface area contributed by atoms with Gasteiger partial charge in [0.15, 0.2) is 5.15 Å². The van der Waals surface area contributed by atoms with Crippen LogP contribution in [-0.2, 0) is 9.53 Å². The highest BCUT2D eigenvalue weighted by atomic mass is 79.9. The Morgan fingerprint density at radius 3 is 3.12 bits per heavy atom. The standard InChI is InChI=1S/C10H11BrClN3O2/c11-6-3-7(8(12)14-4-6)15-9(16)10(13)1-2-17-5-10/h3-4H,1-2,5,13H2,(H,15,16). The van der Waals surface area contributed by atoms with Gasteiger partial charge in [-0.05, 0) is 28.4 Å². The van der Waals surface area contributed by atoms with Gasteiger partial charge in [0.2, 0.25) is 5.91 Å². The van der Waals surface area contributed by atoms with Gasteiger partial charge in [-0.15, -0.1) is 0 Å². The largest absolute Gasteiger partial charge is 0.379 e. The van der Waals surface area contributed by atoms with Crippen molar-refractivity contribution in [2.24, 2.45) is 5.73 Å². The molecule has 92 valence electrons. The molecule has 7 heteroatoms. The summed E-state index contributed by atoms with van der Waals surface area (Å²) in [6, 6.07) is 1.67. The molecule has 1 unspecified atom stereocenters. The molecular weight excluding hydrogens is 309 g/mol. The number of aromatic nitrogens is 1. The molecule has 0 radical (unpaired) electrons. The van der Waals surface area contributed by atoms with Crippen molar-refractivity contribution in [2.75, 3.05) is 18.5 Å². The second-order valence-corrected chi connectivity index (χ2v) is 5.18. The lowest BCUT2D eigenvalue weighted by atomic mass is 9.99. The van der Waals surface area contributed by atoms with Gasteiger partial charge in [-0.25, -0.2) is 4.98 Å². The summed E-state index contributed by atoms with van der Waals surface area (Å²) in [5.41, 5.74) is 5.38. The zero-order valence-electron chi connectivity index (χ0n) is 8.87. The first-order valence-corrected chi connectivity index (χ1v) is 6.17. The lowest BCUT2D eigenvalue weighted by Gasteiger charge is -2.20. The van der Waals surface area contributed by atoms with Crippen LogP contribution >= 0.6 is 27.5 Å². The van der Waals surface area contributed by atoms with E-state index in [2.05, 4.69) is 26.2 Å². The Balaban J connectivity index is 2.15. The van der Waals surface area contributed by atoms with Crippen LogP contribution in [0.4, 0.5) is 5.69 Å². The molecule has 0 aromatic carbocycles. The third-order valence-electron chi connectivity index (χ3n) is 2.56. The highest BCUT2D eigenvalue weighted by molar-refractivity contribution is 9.10. The molecule has 0 saturated carbocycles. The van der Waals surface area contributed by atoms with Gasteiger partial charge in [0, 0.05) is 17.3 Å². The Labute approximate surface area is 112 Å². The first-order chi connectivity index (χ1) is 8.01. The highest BCUT2D eigenvalue weighted by Crippen LogP contribution is 2.25. The monoisotopic (exact) mass is 319 g/mol. The van der Waals surface area contributed by atoms with E-state index in [4.69, 9.17) is 22.1 Å². The number of nitrogens with zero attached hydrogens (tertiary/aromatic N) is 1. The van der Waals surface area contributed by atoms with Crippen molar-refractivity contribution in [1.29, 1.82) is 0 Å². The van der Waals surface area contributed by atoms with E-state index in [1.165, 1.54) is 0 Å². The number of carbonyl (C=O) groups is 1. The fourth-order valence-corrected chi connectivity index (χ4v) is 2.00. The van der Waals surface area contributed by atoms with Crippen molar-refractivity contribution < 1.29 is 9.53 Å². The summed E-state index contributed by atoms with van der Waals surface area (Å²) in [7, 11) is 0. The molecule has 2 heterocycles. The maximum atomic E-state index is 12.0. The van der Waals surface area contributed by atoms with Crippen LogP contribution in [0.25, 0.3) is 0 Å². The molecule has 1 amide bonds. The number of rotatable bonds is 2. The van der Waals surface area contributed by atoms with E-state index >= 15 is 0 Å². The number of hydrogen-bond acceptors (Lipinski definition) is 4. The second-order valence-electron chi connectivity index (χ2n) is 3.90. The first-order valence-electron chi connectivity index (χ1n) is 5.00. The normalized spacial score (nSPS) is 23.7. The van der Waals surface area contributed by atoms with Gasteiger partial charge in [-0.3, -0.25) is 4.79 Å². The van der Waals surface area contributed by atoms with E-state index in [9.17, 15) is 4.79 Å². The van der Waals surface area contributed by atoms with E-state index in [1.807, 2.05) is 0 Å². The van der Waals surface area contributed by atoms with Crippen molar-refractivity contribution in [3.63, 3.8) is 0 Å². The van der Waals surface area contributed by atoms with Gasteiger partial charge in [-0.2, -0.15) is 0 Å². The molecule has 1 fully saturated rings. The van der Waals surface area contributed by atoms with Gasteiger partial charge in [-0.1, -0.05) is 11.6 Å². The van der Waals surface area contributed by atoms with E-state index in [1.54, 1.807) is 12.3 Å². The molecule has 0 bridgehead atoms. The third-order valence-corrected chi connectivity index (χ3v) is 3.29. The molecule has 5 nitrogen and oxygen atoms in total. The van der Waals surface area contributed by atoms with Gasteiger partial charge < -0.3 is 15.8 Å². The van der Waals surface area contributed by atoms with E-state index < -0.39 is 5.54 Å². The first kappa shape index (κ1) is 12.8. The maximum absolute atomic E-state index is 12.0. The molecule has 0 spiro atoms. The number of carbonyl (C=O) groups excluding carboxylic acids is 1. The topological polar surface area (TPSA) is 77.2 Å². The summed E-state index contributed by atoms with van der Waals surface area (Å²) in [5.74, 6) is -0.309. The number of halogens is 2. The molecule has 17 heavy (non-hydrogen) atoms. The number of pyridine rings is 1. The molecule has 1 atom stereocenters. The summed E-state index contributed by atoms with van der Waals surface area (Å²) in [5, 5.41) is 2.89. The Morgan fingerprint density at radius 1 is 1.71 bits per heavy atom. The smallest absolute Gasteiger partial charge is 0.247 e. The lowest BCUT2D eigenvalue weighted by Crippen LogP contribution is -2.51. The van der Waals surface area contributed by atoms with Crippen molar-refractivity contribution in [2.45, 2.75) is 12.0 Å². The fourth-order valence-electron chi connectivity index (χ4n) is 1.52. The van der Waals surface area contributed by atoms with E-state index in [0.717, 1.165) is 4.47 Å². The minimum absolute atomic E-state index is 0.220. The zero-order valence-corrected chi connectivity index (χ0v) is 11.2. The molecule has 2 rings (SSSR count). The van der Waals surface area contributed by atoms with Crippen molar-refractivity contribution in [1.82, 2.24) is 4.98 Å². The molecular formula is C10H11BrClN3O2. The summed E-state index contributed by atoms with van der Waals surface area (Å²) in [6.45, 7) is 0.715. The van der Waals surface area contributed by atoms with Crippen molar-refractivity contribution in [3.8, 4) is 0 Å². The van der Waals surface area contributed by atoms with Gasteiger partial charge in [0.05, 0.1) is 12.3 Å². The van der Waals surface area contributed by atoms with Gasteiger partial charge in [0.1, 0.15) is 5.54 Å². The van der Waals surface area contributed by atoms with E-state index in [0.29, 0.717) is 18.7 Å². The Morgan fingerprint density at radius 2 is 2.47 bits per heavy atom. The number of nitrogens with two attached hydrogens (primary N) is 1. The van der Waals surface area contributed by atoms with Crippen LogP contribution in [0.1, 0.15) is 6.42 Å². The Bertz CT molecular complexity index is 449. The van der Waals surface area contributed by atoms with Crippen LogP contribution < -0.4 is 11.1 Å². The molecule has 1 aromatic heterocycles. The van der Waals surface area contributed by atoms with Crippen LogP contribution in [0.15, 0.2) is 16.7 Å². The molecule has 1 aliphatic heterocycles. The molecule has 1 aromatic rings. The summed E-state index contributed by atoms with van der Waals surface area (Å²) in [6.07, 6.45) is 2.05. The summed E-state index contributed by atoms with van der Waals surface area (Å²) >= 11 is 9.13. The number of anilines is 1. The molecule has 3 N–H and O–H groups in total. The number of nitrogens with one attached hydrogen (secondary N) is 1. The number of amides is 1. The highest BCUT2D eigenvalue weighted by Gasteiger charge is 2.38. The average Bonchev–Trinajstić information content (AvgIpc) is 2.72. The van der Waals surface area contributed by atoms with Crippen LogP contribution in [0.3, 0.4) is 0 Å². The zero-order chi connectivity index (χ0) is 12.5. The van der Waals surface area contributed by atoms with Crippen LogP contribution in [0.2, 0.25) is 5.15 Å². The molecule has 1 saturated heterocycles. The predicted octanol–water partition coefficient (Wildman–Crippen LogP) is 1.55. The lowest BCUT2D eigenvalue weighted by molar-refractivity contribution is -0.121. The molecule has 1 aliphatic rings. The predicted molar refractivity (Wildman–Crippen MR) is 67.9 cm³/mol. The van der Waals surface area contributed by atoms with Crippen LogP contribution in [0, 0.1) is 0 Å². The minimum atomic E-state index is -0.981. The SMILES string of the molecule is NC1(C(=O)Nc2cc(Br)cnc2Cl)CCOC1. The molecule has 0 aliphatic carbocycles. The van der Waals surface area contributed by atoms with Crippen LogP contribution in [-0.4, -0.2) is 29.6 Å². The number of hydrogen-bond donors (Lipinski definition) is 2.